The topological polar surface area (TPSA) is 59.5 Å². The molecule has 1 aromatic heterocycles. The van der Waals surface area contributed by atoms with Crippen molar-refractivity contribution in [2.75, 3.05) is 31.2 Å². The first-order valence-corrected chi connectivity index (χ1v) is 6.82. The van der Waals surface area contributed by atoms with E-state index in [-0.39, 0.29) is 11.6 Å². The van der Waals surface area contributed by atoms with Crippen molar-refractivity contribution in [2.45, 2.75) is 20.3 Å². The highest BCUT2D eigenvalue weighted by molar-refractivity contribution is 7.18. The van der Waals surface area contributed by atoms with E-state index in [0.717, 1.165) is 18.1 Å². The minimum Gasteiger partial charge on any atom is -0.378 e. The van der Waals surface area contributed by atoms with E-state index in [0.29, 0.717) is 30.3 Å². The number of rotatable bonds is 4. The number of morpholine rings is 1. The lowest BCUT2D eigenvalue weighted by Gasteiger charge is -2.27. The molecule has 0 N–H and O–H groups in total. The first-order chi connectivity index (χ1) is 8.63. The smallest absolute Gasteiger partial charge is 0.188 e. The number of carbonyl (C=O) groups is 2. The number of hydrogen-bond donors (Lipinski definition) is 0. The van der Waals surface area contributed by atoms with E-state index in [9.17, 15) is 9.59 Å². The molecule has 2 rings (SSSR count). The van der Waals surface area contributed by atoms with Crippen LogP contribution in [0.5, 0.6) is 0 Å². The number of Topliss-reactive ketones (excluding diaryl/α,β-unsaturated/α-hetero) is 2. The van der Waals surface area contributed by atoms with Gasteiger partial charge in [0.25, 0.3) is 0 Å². The first-order valence-electron chi connectivity index (χ1n) is 6.01. The minimum absolute atomic E-state index is 0.0137. The number of anilines is 1. The van der Waals surface area contributed by atoms with Gasteiger partial charge in [-0.15, -0.1) is 0 Å². The Morgan fingerprint density at radius 2 is 2.06 bits per heavy atom. The molecule has 0 atom stereocenters. The van der Waals surface area contributed by atoms with Crippen LogP contribution < -0.4 is 4.90 Å². The number of thiazole rings is 1. The van der Waals surface area contributed by atoms with Gasteiger partial charge in [0.1, 0.15) is 10.7 Å². The van der Waals surface area contributed by atoms with Gasteiger partial charge in [0, 0.05) is 26.4 Å². The average molecular weight is 268 g/mol. The van der Waals surface area contributed by atoms with Crippen LogP contribution in [0.2, 0.25) is 0 Å². The summed E-state index contributed by atoms with van der Waals surface area (Å²) >= 11 is 1.31. The van der Waals surface area contributed by atoms with Crippen LogP contribution in [0.25, 0.3) is 0 Å². The molecular formula is C12H16N2O3S. The third kappa shape index (κ3) is 2.59. The Labute approximate surface area is 110 Å². The van der Waals surface area contributed by atoms with E-state index in [4.69, 9.17) is 4.74 Å². The van der Waals surface area contributed by atoms with Gasteiger partial charge in [0.2, 0.25) is 0 Å². The second kappa shape index (κ2) is 5.58. The predicted molar refractivity (Wildman–Crippen MR) is 69.8 cm³/mol. The Balaban J connectivity index is 2.36. The standard InChI is InChI=1S/C12H16N2O3S/c1-3-9(16)10-12(14-4-6-17-7-5-14)18-11(13-10)8(2)15/h3-7H2,1-2H3. The van der Waals surface area contributed by atoms with E-state index < -0.39 is 0 Å². The largest absolute Gasteiger partial charge is 0.378 e. The van der Waals surface area contributed by atoms with Crippen LogP contribution in [0.3, 0.4) is 0 Å². The number of nitrogens with zero attached hydrogens (tertiary/aromatic N) is 2. The fourth-order valence-corrected chi connectivity index (χ4v) is 2.82. The van der Waals surface area contributed by atoms with Crippen LogP contribution >= 0.6 is 11.3 Å². The van der Waals surface area contributed by atoms with Crippen LogP contribution in [-0.2, 0) is 4.74 Å². The second-order valence-electron chi connectivity index (χ2n) is 4.11. The molecule has 98 valence electrons. The van der Waals surface area contributed by atoms with Crippen LogP contribution in [0, 0.1) is 0 Å². The van der Waals surface area contributed by atoms with Crippen molar-refractivity contribution in [3.05, 3.63) is 10.7 Å². The third-order valence-corrected chi connectivity index (χ3v) is 4.01. The molecule has 18 heavy (non-hydrogen) atoms. The molecule has 1 aliphatic heterocycles. The molecule has 0 bridgehead atoms. The van der Waals surface area contributed by atoms with Crippen LogP contribution in [0.15, 0.2) is 0 Å². The summed E-state index contributed by atoms with van der Waals surface area (Å²) in [7, 11) is 0. The highest BCUT2D eigenvalue weighted by Crippen LogP contribution is 2.30. The lowest BCUT2D eigenvalue weighted by molar-refractivity contribution is 0.0982. The summed E-state index contributed by atoms with van der Waals surface area (Å²) in [5.41, 5.74) is 0.439. The molecule has 1 saturated heterocycles. The Bertz CT molecular complexity index is 464. The van der Waals surface area contributed by atoms with Gasteiger partial charge in [0.15, 0.2) is 16.6 Å². The summed E-state index contributed by atoms with van der Waals surface area (Å²) in [6, 6.07) is 0. The summed E-state index contributed by atoms with van der Waals surface area (Å²) in [5.74, 6) is -0.107. The molecule has 0 saturated carbocycles. The van der Waals surface area contributed by atoms with Crippen LogP contribution in [0.1, 0.15) is 40.6 Å². The molecule has 2 heterocycles. The van der Waals surface area contributed by atoms with Gasteiger partial charge in [0.05, 0.1) is 13.2 Å². The quantitative estimate of drug-likeness (QED) is 0.779. The van der Waals surface area contributed by atoms with Gasteiger partial charge in [-0.25, -0.2) is 4.98 Å². The van der Waals surface area contributed by atoms with Crippen molar-refractivity contribution in [1.29, 1.82) is 0 Å². The van der Waals surface area contributed by atoms with Gasteiger partial charge in [-0.1, -0.05) is 18.3 Å². The maximum absolute atomic E-state index is 11.9. The minimum atomic E-state index is -0.0929. The molecule has 1 aliphatic rings. The summed E-state index contributed by atoms with van der Waals surface area (Å²) in [4.78, 5) is 29.6. The summed E-state index contributed by atoms with van der Waals surface area (Å²) < 4.78 is 5.29. The molecule has 0 spiro atoms. The molecule has 6 heteroatoms. The molecular weight excluding hydrogens is 252 g/mol. The summed E-state index contributed by atoms with van der Waals surface area (Å²) in [6.45, 7) is 6.05. The number of ether oxygens (including phenoxy) is 1. The molecule has 0 aliphatic carbocycles. The van der Waals surface area contributed by atoms with Gasteiger partial charge in [-0.05, 0) is 0 Å². The molecule has 0 aromatic carbocycles. The van der Waals surface area contributed by atoms with E-state index in [1.807, 2.05) is 0 Å². The fourth-order valence-electron chi connectivity index (χ4n) is 1.79. The summed E-state index contributed by atoms with van der Waals surface area (Å²) in [5, 5.41) is 1.23. The monoisotopic (exact) mass is 268 g/mol. The maximum atomic E-state index is 11.9. The molecule has 0 amide bonds. The third-order valence-electron chi connectivity index (χ3n) is 2.79. The highest BCUT2D eigenvalue weighted by atomic mass is 32.1. The zero-order valence-corrected chi connectivity index (χ0v) is 11.4. The Kier molecular flexibility index (Phi) is 4.08. The lowest BCUT2D eigenvalue weighted by atomic mass is 10.2. The van der Waals surface area contributed by atoms with Gasteiger partial charge < -0.3 is 9.64 Å². The van der Waals surface area contributed by atoms with Crippen molar-refractivity contribution in [1.82, 2.24) is 4.98 Å². The lowest BCUT2D eigenvalue weighted by Crippen LogP contribution is -2.36. The van der Waals surface area contributed by atoms with Crippen molar-refractivity contribution in [3.63, 3.8) is 0 Å². The van der Waals surface area contributed by atoms with Crippen LogP contribution in [0.4, 0.5) is 5.00 Å². The fraction of sp³-hybridized carbons (Fsp3) is 0.583. The Morgan fingerprint density at radius 1 is 1.39 bits per heavy atom. The predicted octanol–water partition coefficient (Wildman–Crippen LogP) is 1.77. The second-order valence-corrected chi connectivity index (χ2v) is 5.08. The first kappa shape index (κ1) is 13.2. The number of hydrogen-bond acceptors (Lipinski definition) is 6. The molecule has 0 radical (unpaired) electrons. The zero-order chi connectivity index (χ0) is 13.1. The van der Waals surface area contributed by atoms with Crippen molar-refractivity contribution in [2.24, 2.45) is 0 Å². The van der Waals surface area contributed by atoms with E-state index in [2.05, 4.69) is 9.88 Å². The van der Waals surface area contributed by atoms with Gasteiger partial charge in [-0.3, -0.25) is 9.59 Å². The molecule has 0 unspecified atom stereocenters. The van der Waals surface area contributed by atoms with E-state index in [1.165, 1.54) is 18.3 Å². The van der Waals surface area contributed by atoms with Crippen molar-refractivity contribution in [3.8, 4) is 0 Å². The highest BCUT2D eigenvalue weighted by Gasteiger charge is 2.24. The number of aromatic nitrogens is 1. The van der Waals surface area contributed by atoms with Crippen LogP contribution in [-0.4, -0.2) is 42.9 Å². The Hall–Kier alpha value is -1.27. The van der Waals surface area contributed by atoms with Crippen molar-refractivity contribution >= 4 is 27.9 Å². The van der Waals surface area contributed by atoms with E-state index >= 15 is 0 Å². The van der Waals surface area contributed by atoms with Gasteiger partial charge >= 0.3 is 0 Å². The van der Waals surface area contributed by atoms with Crippen molar-refractivity contribution < 1.29 is 14.3 Å². The summed E-state index contributed by atoms with van der Waals surface area (Å²) in [6.07, 6.45) is 0.401. The SMILES string of the molecule is CCC(=O)c1nc(C(C)=O)sc1N1CCOCC1. The zero-order valence-electron chi connectivity index (χ0n) is 10.6. The number of ketones is 2. The molecule has 5 nitrogen and oxygen atoms in total. The Morgan fingerprint density at radius 3 is 2.61 bits per heavy atom. The average Bonchev–Trinajstić information content (AvgIpc) is 2.84. The maximum Gasteiger partial charge on any atom is 0.188 e. The normalized spacial score (nSPS) is 15.8. The van der Waals surface area contributed by atoms with Gasteiger partial charge in [-0.2, -0.15) is 0 Å². The molecule has 1 aromatic rings. The number of carbonyl (C=O) groups excluding carboxylic acids is 2. The van der Waals surface area contributed by atoms with E-state index in [1.54, 1.807) is 6.92 Å². The molecule has 1 fully saturated rings.